The monoisotopic (exact) mass is 423 g/mol. The molecule has 156 valence electrons. The van der Waals surface area contributed by atoms with Crippen molar-refractivity contribution in [3.05, 3.63) is 90.3 Å². The number of anilines is 1. The van der Waals surface area contributed by atoms with Gasteiger partial charge in [0.15, 0.2) is 0 Å². The molecule has 0 aliphatic heterocycles. The van der Waals surface area contributed by atoms with Crippen LogP contribution in [-0.2, 0) is 16.6 Å². The maximum Gasteiger partial charge on any atom is 0.261 e. The second-order valence-electron chi connectivity index (χ2n) is 7.04. The van der Waals surface area contributed by atoms with Gasteiger partial charge in [-0.2, -0.15) is 0 Å². The van der Waals surface area contributed by atoms with Crippen molar-refractivity contribution < 1.29 is 13.2 Å². The first-order chi connectivity index (χ1) is 14.4. The molecular weight excluding hydrogens is 398 g/mol. The third kappa shape index (κ3) is 5.24. The van der Waals surface area contributed by atoms with Gasteiger partial charge in [-0.05, 0) is 55.3 Å². The number of rotatable bonds is 8. The lowest BCUT2D eigenvalue weighted by molar-refractivity contribution is 0.0671. The fourth-order valence-electron chi connectivity index (χ4n) is 3.00. The van der Waals surface area contributed by atoms with Gasteiger partial charge in [-0.25, -0.2) is 8.42 Å². The highest BCUT2D eigenvalue weighted by Gasteiger charge is 2.22. The summed E-state index contributed by atoms with van der Waals surface area (Å²) in [6.07, 6.45) is 3.84. The van der Waals surface area contributed by atoms with E-state index in [1.165, 1.54) is 24.5 Å². The standard InChI is InChI=1S/C23H25N3O3S/c1-3-18(2)26(17-19-7-5-4-6-8-19)23(27)20-9-11-22(12-10-20)30(28,29)25-21-13-15-24-16-14-21/h4-16,18H,3,17H2,1-2H3,(H,24,25). The minimum absolute atomic E-state index is 0.0504. The van der Waals surface area contributed by atoms with Gasteiger partial charge in [-0.15, -0.1) is 0 Å². The maximum atomic E-state index is 13.2. The molecule has 0 bridgehead atoms. The first-order valence-corrected chi connectivity index (χ1v) is 11.3. The predicted molar refractivity (Wildman–Crippen MR) is 118 cm³/mol. The summed E-state index contributed by atoms with van der Waals surface area (Å²) in [6, 6.07) is 19.0. The van der Waals surface area contributed by atoms with E-state index in [2.05, 4.69) is 9.71 Å². The lowest BCUT2D eigenvalue weighted by atomic mass is 10.1. The van der Waals surface area contributed by atoms with Crippen LogP contribution in [0.4, 0.5) is 5.69 Å². The molecule has 30 heavy (non-hydrogen) atoms. The molecule has 3 rings (SSSR count). The number of amides is 1. The number of sulfonamides is 1. The fraction of sp³-hybridized carbons (Fsp3) is 0.217. The van der Waals surface area contributed by atoms with Crippen LogP contribution in [-0.4, -0.2) is 30.3 Å². The molecular formula is C23H25N3O3S. The molecule has 0 spiro atoms. The molecule has 1 N–H and O–H groups in total. The zero-order valence-electron chi connectivity index (χ0n) is 17.0. The van der Waals surface area contributed by atoms with Crippen molar-refractivity contribution in [2.45, 2.75) is 37.8 Å². The largest absolute Gasteiger partial charge is 0.332 e. The Morgan fingerprint density at radius 1 is 1.00 bits per heavy atom. The van der Waals surface area contributed by atoms with Crippen LogP contribution in [0.1, 0.15) is 36.2 Å². The van der Waals surface area contributed by atoms with Crippen molar-refractivity contribution in [2.24, 2.45) is 0 Å². The van der Waals surface area contributed by atoms with Crippen LogP contribution in [0.25, 0.3) is 0 Å². The number of benzene rings is 2. The Morgan fingerprint density at radius 3 is 2.23 bits per heavy atom. The summed E-state index contributed by atoms with van der Waals surface area (Å²) < 4.78 is 27.7. The van der Waals surface area contributed by atoms with Crippen molar-refractivity contribution in [1.82, 2.24) is 9.88 Å². The van der Waals surface area contributed by atoms with E-state index in [9.17, 15) is 13.2 Å². The van der Waals surface area contributed by atoms with Gasteiger partial charge in [0.25, 0.3) is 15.9 Å². The van der Waals surface area contributed by atoms with E-state index < -0.39 is 10.0 Å². The van der Waals surface area contributed by atoms with Crippen molar-refractivity contribution in [3.8, 4) is 0 Å². The number of aromatic nitrogens is 1. The summed E-state index contributed by atoms with van der Waals surface area (Å²) >= 11 is 0. The summed E-state index contributed by atoms with van der Waals surface area (Å²) in [5, 5.41) is 0. The SMILES string of the molecule is CCC(C)N(Cc1ccccc1)C(=O)c1ccc(S(=O)(=O)Nc2ccncc2)cc1. The average Bonchev–Trinajstić information content (AvgIpc) is 2.77. The summed E-state index contributed by atoms with van der Waals surface area (Å²) in [5.41, 5.74) is 1.93. The molecule has 6 nitrogen and oxygen atoms in total. The molecule has 1 heterocycles. The number of hydrogen-bond acceptors (Lipinski definition) is 4. The van der Waals surface area contributed by atoms with Crippen molar-refractivity contribution in [3.63, 3.8) is 0 Å². The third-order valence-electron chi connectivity index (χ3n) is 4.92. The number of hydrogen-bond donors (Lipinski definition) is 1. The van der Waals surface area contributed by atoms with Gasteiger partial charge >= 0.3 is 0 Å². The molecule has 0 aliphatic rings. The maximum absolute atomic E-state index is 13.2. The molecule has 0 saturated heterocycles. The molecule has 1 amide bonds. The Kier molecular flexibility index (Phi) is 6.84. The molecule has 0 fully saturated rings. The molecule has 2 aromatic carbocycles. The van der Waals surface area contributed by atoms with Crippen LogP contribution in [0.5, 0.6) is 0 Å². The Bertz CT molecular complexity index is 1070. The van der Waals surface area contributed by atoms with E-state index in [0.29, 0.717) is 17.8 Å². The minimum Gasteiger partial charge on any atom is -0.332 e. The van der Waals surface area contributed by atoms with Gasteiger partial charge in [0.2, 0.25) is 0 Å². The Labute approximate surface area is 177 Å². The lowest BCUT2D eigenvalue weighted by Crippen LogP contribution is -2.37. The van der Waals surface area contributed by atoms with E-state index in [4.69, 9.17) is 0 Å². The summed E-state index contributed by atoms with van der Waals surface area (Å²) in [7, 11) is -3.75. The number of nitrogens with one attached hydrogen (secondary N) is 1. The van der Waals surface area contributed by atoms with Gasteiger partial charge in [-0.1, -0.05) is 37.3 Å². The zero-order valence-corrected chi connectivity index (χ0v) is 17.8. The van der Waals surface area contributed by atoms with E-state index >= 15 is 0 Å². The molecule has 1 unspecified atom stereocenters. The lowest BCUT2D eigenvalue weighted by Gasteiger charge is -2.29. The zero-order chi connectivity index (χ0) is 21.6. The van der Waals surface area contributed by atoms with Crippen LogP contribution in [0.15, 0.2) is 84.0 Å². The van der Waals surface area contributed by atoms with E-state index in [1.54, 1.807) is 24.3 Å². The van der Waals surface area contributed by atoms with Crippen molar-refractivity contribution >= 4 is 21.6 Å². The molecule has 0 saturated carbocycles. The quantitative estimate of drug-likeness (QED) is 0.585. The number of carbonyl (C=O) groups excluding carboxylic acids is 1. The highest BCUT2D eigenvalue weighted by Crippen LogP contribution is 2.19. The number of nitrogens with zero attached hydrogens (tertiary/aromatic N) is 2. The van der Waals surface area contributed by atoms with E-state index in [1.807, 2.05) is 49.1 Å². The smallest absolute Gasteiger partial charge is 0.261 e. The summed E-state index contributed by atoms with van der Waals surface area (Å²) in [6.45, 7) is 4.55. The molecule has 1 atom stereocenters. The Morgan fingerprint density at radius 2 is 1.63 bits per heavy atom. The van der Waals surface area contributed by atoms with Crippen LogP contribution < -0.4 is 4.72 Å². The van der Waals surface area contributed by atoms with E-state index in [0.717, 1.165) is 12.0 Å². The average molecular weight is 424 g/mol. The van der Waals surface area contributed by atoms with Crippen molar-refractivity contribution in [1.29, 1.82) is 0 Å². The Hall–Kier alpha value is -3.19. The third-order valence-corrected chi connectivity index (χ3v) is 6.32. The van der Waals surface area contributed by atoms with Gasteiger partial charge in [-0.3, -0.25) is 14.5 Å². The highest BCUT2D eigenvalue weighted by molar-refractivity contribution is 7.92. The van der Waals surface area contributed by atoms with Crippen LogP contribution in [0.3, 0.4) is 0 Å². The molecule has 0 radical (unpaired) electrons. The number of carbonyl (C=O) groups is 1. The van der Waals surface area contributed by atoms with Crippen molar-refractivity contribution in [2.75, 3.05) is 4.72 Å². The first kappa shape index (κ1) is 21.5. The fourth-order valence-corrected chi connectivity index (χ4v) is 4.06. The highest BCUT2D eigenvalue weighted by atomic mass is 32.2. The topological polar surface area (TPSA) is 79.4 Å². The first-order valence-electron chi connectivity index (χ1n) is 9.78. The Balaban J connectivity index is 1.80. The molecule has 0 aliphatic carbocycles. The molecule has 1 aromatic heterocycles. The van der Waals surface area contributed by atoms with Gasteiger partial charge in [0.1, 0.15) is 0 Å². The normalized spacial score (nSPS) is 12.2. The minimum atomic E-state index is -3.75. The number of pyridine rings is 1. The van der Waals surface area contributed by atoms with E-state index in [-0.39, 0.29) is 16.8 Å². The van der Waals surface area contributed by atoms with Crippen LogP contribution >= 0.6 is 0 Å². The van der Waals surface area contributed by atoms with Gasteiger partial charge in [0, 0.05) is 30.5 Å². The second kappa shape index (κ2) is 9.54. The molecule has 3 aromatic rings. The summed E-state index contributed by atoms with van der Waals surface area (Å²) in [5.74, 6) is -0.126. The molecule has 7 heteroatoms. The van der Waals surface area contributed by atoms with Crippen LogP contribution in [0.2, 0.25) is 0 Å². The second-order valence-corrected chi connectivity index (χ2v) is 8.72. The summed E-state index contributed by atoms with van der Waals surface area (Å²) in [4.78, 5) is 18.9. The predicted octanol–water partition coefficient (Wildman–Crippen LogP) is 4.32. The van der Waals surface area contributed by atoms with Gasteiger partial charge in [0.05, 0.1) is 10.6 Å². The van der Waals surface area contributed by atoms with Gasteiger partial charge < -0.3 is 4.90 Å². The van der Waals surface area contributed by atoms with Crippen LogP contribution in [0, 0.1) is 0 Å².